The minimum Gasteiger partial charge on any atom is -0.383 e. The Hall–Kier alpha value is -1.63. The van der Waals surface area contributed by atoms with E-state index in [2.05, 4.69) is 5.32 Å². The van der Waals surface area contributed by atoms with Crippen LogP contribution in [0.2, 0.25) is 0 Å². The Morgan fingerprint density at radius 2 is 1.70 bits per heavy atom. The highest BCUT2D eigenvalue weighted by Crippen LogP contribution is 2.10. The van der Waals surface area contributed by atoms with Gasteiger partial charge in [0.05, 0.1) is 13.2 Å². The van der Waals surface area contributed by atoms with Gasteiger partial charge in [0.15, 0.2) is 0 Å². The van der Waals surface area contributed by atoms with Crippen LogP contribution in [0.5, 0.6) is 0 Å². The molecule has 0 radical (unpaired) electrons. The molecule has 0 unspecified atom stereocenters. The first kappa shape index (κ1) is 16.4. The van der Waals surface area contributed by atoms with E-state index in [1.165, 1.54) is 0 Å². The number of nitrogens with one attached hydrogen (secondary N) is 1. The van der Waals surface area contributed by atoms with E-state index in [0.717, 1.165) is 11.3 Å². The van der Waals surface area contributed by atoms with Crippen LogP contribution in [-0.4, -0.2) is 51.5 Å². The van der Waals surface area contributed by atoms with Crippen molar-refractivity contribution in [2.24, 2.45) is 5.73 Å². The molecular formula is C14H23N3O3. The van der Waals surface area contributed by atoms with Gasteiger partial charge in [-0.3, -0.25) is 0 Å². The lowest BCUT2D eigenvalue weighted by Gasteiger charge is -2.22. The maximum atomic E-state index is 12.2. The molecule has 0 atom stereocenters. The maximum absolute atomic E-state index is 12.2. The number of amides is 2. The number of carbonyl (C=O) groups is 1. The number of nitrogens with zero attached hydrogens (tertiary/aromatic N) is 1. The summed E-state index contributed by atoms with van der Waals surface area (Å²) in [5, 5.41) is 2.85. The van der Waals surface area contributed by atoms with Crippen molar-refractivity contribution < 1.29 is 14.3 Å². The highest BCUT2D eigenvalue weighted by molar-refractivity contribution is 5.89. The molecule has 1 aromatic rings. The summed E-state index contributed by atoms with van der Waals surface area (Å²) in [4.78, 5) is 13.8. The Balaban J connectivity index is 2.58. The van der Waals surface area contributed by atoms with Gasteiger partial charge in [-0.25, -0.2) is 4.79 Å². The Morgan fingerprint density at radius 1 is 1.15 bits per heavy atom. The van der Waals surface area contributed by atoms with Crippen molar-refractivity contribution >= 4 is 11.7 Å². The quantitative estimate of drug-likeness (QED) is 0.752. The highest BCUT2D eigenvalue weighted by Gasteiger charge is 2.12. The molecule has 0 saturated carbocycles. The molecule has 6 nitrogen and oxygen atoms in total. The van der Waals surface area contributed by atoms with Crippen molar-refractivity contribution in [3.8, 4) is 0 Å². The molecule has 3 N–H and O–H groups in total. The van der Waals surface area contributed by atoms with Crippen LogP contribution in [0.25, 0.3) is 0 Å². The third-order valence-electron chi connectivity index (χ3n) is 2.86. The fraction of sp³-hybridized carbons (Fsp3) is 0.500. The molecule has 1 aromatic carbocycles. The lowest BCUT2D eigenvalue weighted by Crippen LogP contribution is -2.39. The average molecular weight is 281 g/mol. The first-order valence-corrected chi connectivity index (χ1v) is 6.54. The number of hydrogen-bond donors (Lipinski definition) is 2. The summed E-state index contributed by atoms with van der Waals surface area (Å²) in [6.07, 6.45) is 0. The van der Waals surface area contributed by atoms with E-state index < -0.39 is 0 Å². The van der Waals surface area contributed by atoms with Gasteiger partial charge in [0.2, 0.25) is 0 Å². The number of nitrogens with two attached hydrogens (primary N) is 1. The second-order valence-electron chi connectivity index (χ2n) is 4.30. The van der Waals surface area contributed by atoms with E-state index in [1.807, 2.05) is 24.3 Å². The third kappa shape index (κ3) is 5.56. The van der Waals surface area contributed by atoms with E-state index in [-0.39, 0.29) is 6.03 Å². The summed E-state index contributed by atoms with van der Waals surface area (Å²) in [6.45, 7) is 2.51. The van der Waals surface area contributed by atoms with Crippen molar-refractivity contribution in [2.75, 3.05) is 45.8 Å². The van der Waals surface area contributed by atoms with E-state index >= 15 is 0 Å². The summed E-state index contributed by atoms with van der Waals surface area (Å²) in [5.74, 6) is 0. The average Bonchev–Trinajstić information content (AvgIpc) is 2.48. The van der Waals surface area contributed by atoms with Gasteiger partial charge in [-0.2, -0.15) is 0 Å². The van der Waals surface area contributed by atoms with E-state index in [1.54, 1.807) is 19.1 Å². The molecule has 112 valence electrons. The molecule has 1 rings (SSSR count). The molecule has 0 bridgehead atoms. The number of urea groups is 1. The van der Waals surface area contributed by atoms with Crippen molar-refractivity contribution in [1.29, 1.82) is 0 Å². The third-order valence-corrected chi connectivity index (χ3v) is 2.86. The number of ether oxygens (including phenoxy) is 2. The first-order valence-electron chi connectivity index (χ1n) is 6.54. The second-order valence-corrected chi connectivity index (χ2v) is 4.30. The zero-order chi connectivity index (χ0) is 14.8. The highest BCUT2D eigenvalue weighted by atomic mass is 16.5. The lowest BCUT2D eigenvalue weighted by molar-refractivity contribution is 0.127. The molecule has 0 fully saturated rings. The smallest absolute Gasteiger partial charge is 0.321 e. The summed E-state index contributed by atoms with van der Waals surface area (Å²) in [6, 6.07) is 7.30. The molecule has 0 heterocycles. The number of benzene rings is 1. The van der Waals surface area contributed by atoms with Gasteiger partial charge >= 0.3 is 6.03 Å². The lowest BCUT2D eigenvalue weighted by atomic mass is 10.2. The standard InChI is InChI=1S/C14H23N3O3/c1-19-9-7-17(8-10-20-2)14(18)16-13-5-3-12(11-15)4-6-13/h3-6H,7-11,15H2,1-2H3,(H,16,18). The van der Waals surface area contributed by atoms with Crippen molar-refractivity contribution in [3.05, 3.63) is 29.8 Å². The summed E-state index contributed by atoms with van der Waals surface area (Å²) in [7, 11) is 3.22. The van der Waals surface area contributed by atoms with Gasteiger partial charge in [0.1, 0.15) is 0 Å². The molecular weight excluding hydrogens is 258 g/mol. The number of rotatable bonds is 8. The second kappa shape index (κ2) is 9.30. The summed E-state index contributed by atoms with van der Waals surface area (Å²) in [5.41, 5.74) is 7.30. The van der Waals surface area contributed by atoms with Crippen LogP contribution in [0.15, 0.2) is 24.3 Å². The Labute approximate surface area is 119 Å². The van der Waals surface area contributed by atoms with Crippen LogP contribution in [0.1, 0.15) is 5.56 Å². The van der Waals surface area contributed by atoms with E-state index in [0.29, 0.717) is 32.8 Å². The molecule has 0 aliphatic carbocycles. The predicted molar refractivity (Wildman–Crippen MR) is 78.7 cm³/mol. The van der Waals surface area contributed by atoms with Crippen LogP contribution in [0, 0.1) is 0 Å². The van der Waals surface area contributed by atoms with Crippen LogP contribution in [0.4, 0.5) is 10.5 Å². The van der Waals surface area contributed by atoms with Gasteiger partial charge in [-0.05, 0) is 17.7 Å². The van der Waals surface area contributed by atoms with Crippen molar-refractivity contribution in [3.63, 3.8) is 0 Å². The number of carbonyl (C=O) groups excluding carboxylic acids is 1. The molecule has 0 aliphatic rings. The molecule has 2 amide bonds. The first-order chi connectivity index (χ1) is 9.71. The molecule has 0 aromatic heterocycles. The SMILES string of the molecule is COCCN(CCOC)C(=O)Nc1ccc(CN)cc1. The summed E-state index contributed by atoms with van der Waals surface area (Å²) < 4.78 is 10.0. The normalized spacial score (nSPS) is 10.3. The van der Waals surface area contributed by atoms with Crippen molar-refractivity contribution in [2.45, 2.75) is 6.54 Å². The molecule has 6 heteroatoms. The van der Waals surface area contributed by atoms with Gasteiger partial charge in [0, 0.05) is 39.5 Å². The maximum Gasteiger partial charge on any atom is 0.321 e. The molecule has 0 saturated heterocycles. The Bertz CT molecular complexity index is 387. The zero-order valence-electron chi connectivity index (χ0n) is 12.1. The van der Waals surface area contributed by atoms with Crippen LogP contribution in [-0.2, 0) is 16.0 Å². The van der Waals surface area contributed by atoms with Gasteiger partial charge in [0.25, 0.3) is 0 Å². The van der Waals surface area contributed by atoms with E-state index in [4.69, 9.17) is 15.2 Å². The minimum absolute atomic E-state index is 0.167. The van der Waals surface area contributed by atoms with Gasteiger partial charge in [-0.15, -0.1) is 0 Å². The largest absolute Gasteiger partial charge is 0.383 e. The number of anilines is 1. The van der Waals surface area contributed by atoms with Crippen LogP contribution in [0.3, 0.4) is 0 Å². The fourth-order valence-electron chi connectivity index (χ4n) is 1.64. The Morgan fingerprint density at radius 3 is 2.15 bits per heavy atom. The fourth-order valence-corrected chi connectivity index (χ4v) is 1.64. The van der Waals surface area contributed by atoms with Crippen molar-refractivity contribution in [1.82, 2.24) is 4.90 Å². The van der Waals surface area contributed by atoms with E-state index in [9.17, 15) is 4.79 Å². The minimum atomic E-state index is -0.167. The van der Waals surface area contributed by atoms with Crippen LogP contribution >= 0.6 is 0 Å². The molecule has 0 aliphatic heterocycles. The van der Waals surface area contributed by atoms with Crippen LogP contribution < -0.4 is 11.1 Å². The number of methoxy groups -OCH3 is 2. The van der Waals surface area contributed by atoms with Gasteiger partial charge < -0.3 is 25.4 Å². The number of hydrogen-bond acceptors (Lipinski definition) is 4. The monoisotopic (exact) mass is 281 g/mol. The Kier molecular flexibility index (Phi) is 7.64. The topological polar surface area (TPSA) is 76.8 Å². The summed E-state index contributed by atoms with van der Waals surface area (Å²) >= 11 is 0. The molecule has 20 heavy (non-hydrogen) atoms. The van der Waals surface area contributed by atoms with Gasteiger partial charge in [-0.1, -0.05) is 12.1 Å². The predicted octanol–water partition coefficient (Wildman–Crippen LogP) is 1.27. The zero-order valence-corrected chi connectivity index (χ0v) is 12.1. The molecule has 0 spiro atoms.